The monoisotopic (exact) mass is 370 g/mol. The van der Waals surface area contributed by atoms with Crippen LogP contribution in [0.2, 0.25) is 0 Å². The lowest BCUT2D eigenvalue weighted by atomic mass is 10.1. The van der Waals surface area contributed by atoms with Crippen molar-refractivity contribution in [1.82, 2.24) is 9.80 Å². The highest BCUT2D eigenvalue weighted by atomic mass is 32.2. The normalized spacial score (nSPS) is 16.5. The summed E-state index contributed by atoms with van der Waals surface area (Å²) in [7, 11) is -0.900. The van der Waals surface area contributed by atoms with E-state index in [0.717, 1.165) is 38.3 Å². The number of hydrogen-bond donors (Lipinski definition) is 0. The van der Waals surface area contributed by atoms with Crippen molar-refractivity contribution in [1.29, 1.82) is 0 Å². The fourth-order valence-electron chi connectivity index (χ4n) is 3.39. The van der Waals surface area contributed by atoms with Crippen molar-refractivity contribution in [2.45, 2.75) is 19.2 Å². The zero-order valence-electron chi connectivity index (χ0n) is 15.5. The first-order valence-corrected chi connectivity index (χ1v) is 10.7. The quantitative estimate of drug-likeness (QED) is 0.813. The van der Waals surface area contributed by atoms with Crippen LogP contribution >= 0.6 is 0 Å². The van der Waals surface area contributed by atoms with Gasteiger partial charge in [-0.05, 0) is 30.2 Å². The van der Waals surface area contributed by atoms with Crippen LogP contribution in [0.4, 0.5) is 0 Å². The summed E-state index contributed by atoms with van der Waals surface area (Å²) in [5.74, 6) is 0.565. The molecule has 138 valence electrons. The summed E-state index contributed by atoms with van der Waals surface area (Å²) in [5, 5.41) is 0. The number of carbonyl (C=O) groups is 1. The fourth-order valence-corrected chi connectivity index (χ4v) is 4.04. The molecule has 0 aromatic heterocycles. The number of piperazine rings is 1. The molecule has 1 aliphatic heterocycles. The van der Waals surface area contributed by atoms with Crippen molar-refractivity contribution in [3.63, 3.8) is 0 Å². The van der Waals surface area contributed by atoms with Gasteiger partial charge in [0.15, 0.2) is 0 Å². The molecule has 26 heavy (non-hydrogen) atoms. The highest BCUT2D eigenvalue weighted by Gasteiger charge is 2.22. The van der Waals surface area contributed by atoms with E-state index < -0.39 is 10.8 Å². The number of hydrogen-bond acceptors (Lipinski definition) is 3. The highest BCUT2D eigenvalue weighted by molar-refractivity contribution is 7.83. The van der Waals surface area contributed by atoms with Gasteiger partial charge in [-0.15, -0.1) is 0 Å². The summed E-state index contributed by atoms with van der Waals surface area (Å²) in [6, 6.07) is 16.1. The second kappa shape index (κ2) is 8.60. The number of carbonyl (C=O) groups excluding carboxylic acids is 1. The average Bonchev–Trinajstić information content (AvgIpc) is 2.61. The number of rotatable bonds is 5. The largest absolute Gasteiger partial charge is 0.336 e. The Hall–Kier alpha value is -1.98. The molecule has 1 aliphatic rings. The maximum absolute atomic E-state index is 12.8. The molecule has 2 aromatic carbocycles. The maximum atomic E-state index is 12.8. The van der Waals surface area contributed by atoms with Gasteiger partial charge >= 0.3 is 0 Å². The molecule has 1 fully saturated rings. The van der Waals surface area contributed by atoms with Gasteiger partial charge in [-0.1, -0.05) is 42.0 Å². The predicted molar refractivity (Wildman–Crippen MR) is 107 cm³/mol. The van der Waals surface area contributed by atoms with Crippen LogP contribution in [0.3, 0.4) is 0 Å². The Morgan fingerprint density at radius 2 is 1.69 bits per heavy atom. The van der Waals surface area contributed by atoms with Gasteiger partial charge in [0.2, 0.25) is 0 Å². The lowest BCUT2D eigenvalue weighted by Gasteiger charge is -2.35. The van der Waals surface area contributed by atoms with E-state index in [-0.39, 0.29) is 5.91 Å². The Kier molecular flexibility index (Phi) is 6.22. The van der Waals surface area contributed by atoms with Crippen molar-refractivity contribution >= 4 is 16.7 Å². The molecule has 0 radical (unpaired) electrons. The van der Waals surface area contributed by atoms with Gasteiger partial charge in [-0.3, -0.25) is 13.9 Å². The molecule has 0 spiro atoms. The van der Waals surface area contributed by atoms with Crippen LogP contribution in [-0.2, 0) is 23.1 Å². The number of benzene rings is 2. The molecule has 5 heteroatoms. The molecule has 3 rings (SSSR count). The van der Waals surface area contributed by atoms with Gasteiger partial charge in [-0.2, -0.15) is 0 Å². The zero-order chi connectivity index (χ0) is 18.5. The van der Waals surface area contributed by atoms with E-state index in [1.807, 2.05) is 29.2 Å². The molecule has 2 aromatic rings. The second-order valence-electron chi connectivity index (χ2n) is 6.98. The predicted octanol–water partition coefficient (Wildman–Crippen LogP) is 2.83. The summed E-state index contributed by atoms with van der Waals surface area (Å²) in [6.45, 7) is 6.31. The van der Waals surface area contributed by atoms with Gasteiger partial charge in [0.25, 0.3) is 5.91 Å². The van der Waals surface area contributed by atoms with Crippen LogP contribution in [0.15, 0.2) is 48.5 Å². The Morgan fingerprint density at radius 3 is 2.38 bits per heavy atom. The minimum Gasteiger partial charge on any atom is -0.336 e. The maximum Gasteiger partial charge on any atom is 0.253 e. The van der Waals surface area contributed by atoms with Crippen molar-refractivity contribution in [3.8, 4) is 0 Å². The van der Waals surface area contributed by atoms with Crippen molar-refractivity contribution < 1.29 is 9.00 Å². The Labute approximate surface area is 158 Å². The lowest BCUT2D eigenvalue weighted by molar-refractivity contribution is 0.0628. The van der Waals surface area contributed by atoms with E-state index in [1.165, 1.54) is 11.1 Å². The first-order valence-electron chi connectivity index (χ1n) is 8.97. The third kappa shape index (κ3) is 5.02. The van der Waals surface area contributed by atoms with E-state index >= 15 is 0 Å². The van der Waals surface area contributed by atoms with E-state index in [1.54, 1.807) is 6.26 Å². The number of nitrogens with zero attached hydrogens (tertiary/aromatic N) is 2. The van der Waals surface area contributed by atoms with Crippen LogP contribution < -0.4 is 0 Å². The van der Waals surface area contributed by atoms with Gasteiger partial charge < -0.3 is 4.90 Å². The SMILES string of the molecule is Cc1cccc(CN2CCN(C(=O)c3cccc(CS(C)=O)c3)CC2)c1. The molecular formula is C21H26N2O2S. The second-order valence-corrected chi connectivity index (χ2v) is 8.41. The van der Waals surface area contributed by atoms with Crippen molar-refractivity contribution in [3.05, 3.63) is 70.8 Å². The molecule has 0 N–H and O–H groups in total. The highest BCUT2D eigenvalue weighted by Crippen LogP contribution is 2.14. The summed E-state index contributed by atoms with van der Waals surface area (Å²) >= 11 is 0. The Morgan fingerprint density at radius 1 is 1.00 bits per heavy atom. The van der Waals surface area contributed by atoms with Crippen LogP contribution in [0, 0.1) is 6.92 Å². The topological polar surface area (TPSA) is 40.6 Å². The van der Waals surface area contributed by atoms with E-state index in [0.29, 0.717) is 11.3 Å². The molecule has 1 saturated heterocycles. The standard InChI is InChI=1S/C21H26N2O2S/c1-17-5-3-6-18(13-17)15-22-9-11-23(12-10-22)21(24)20-8-4-7-19(14-20)16-26(2)25/h3-8,13-14H,9-12,15-16H2,1-2H3. The molecule has 1 atom stereocenters. The van der Waals surface area contributed by atoms with Crippen LogP contribution in [0.25, 0.3) is 0 Å². The Balaban J connectivity index is 1.57. The first kappa shape index (κ1) is 18.8. The van der Waals surface area contributed by atoms with Gasteiger partial charge in [0.1, 0.15) is 0 Å². The van der Waals surface area contributed by atoms with Crippen LogP contribution in [0.1, 0.15) is 27.0 Å². The molecule has 1 unspecified atom stereocenters. The van der Waals surface area contributed by atoms with Gasteiger partial charge in [0.05, 0.1) is 0 Å². The zero-order valence-corrected chi connectivity index (χ0v) is 16.3. The first-order chi connectivity index (χ1) is 12.5. The summed E-state index contributed by atoms with van der Waals surface area (Å²) in [4.78, 5) is 17.1. The average molecular weight is 371 g/mol. The van der Waals surface area contributed by atoms with Crippen molar-refractivity contribution in [2.24, 2.45) is 0 Å². The molecule has 4 nitrogen and oxygen atoms in total. The summed E-state index contributed by atoms with van der Waals surface area (Å²) < 4.78 is 11.4. The molecule has 1 amide bonds. The van der Waals surface area contributed by atoms with Gasteiger partial charge in [-0.25, -0.2) is 0 Å². The van der Waals surface area contributed by atoms with E-state index in [9.17, 15) is 9.00 Å². The molecule has 0 bridgehead atoms. The van der Waals surface area contributed by atoms with E-state index in [2.05, 4.69) is 36.1 Å². The number of amides is 1. The third-order valence-corrected chi connectivity index (χ3v) is 5.43. The molecule has 0 aliphatic carbocycles. The number of aryl methyl sites for hydroxylation is 1. The molecule has 1 heterocycles. The van der Waals surface area contributed by atoms with Gasteiger partial charge in [0, 0.05) is 61.1 Å². The smallest absolute Gasteiger partial charge is 0.253 e. The van der Waals surface area contributed by atoms with Crippen LogP contribution in [0.5, 0.6) is 0 Å². The fraction of sp³-hybridized carbons (Fsp3) is 0.381. The Bertz CT molecular complexity index is 798. The molecular weight excluding hydrogens is 344 g/mol. The summed E-state index contributed by atoms with van der Waals surface area (Å²) in [6.07, 6.45) is 1.68. The van der Waals surface area contributed by atoms with E-state index in [4.69, 9.17) is 0 Å². The van der Waals surface area contributed by atoms with Crippen LogP contribution in [-0.4, -0.2) is 52.4 Å². The lowest BCUT2D eigenvalue weighted by Crippen LogP contribution is -2.48. The minimum atomic E-state index is -0.900. The summed E-state index contributed by atoms with van der Waals surface area (Å²) in [5.41, 5.74) is 4.25. The molecule has 0 saturated carbocycles. The third-order valence-electron chi connectivity index (χ3n) is 4.69. The van der Waals surface area contributed by atoms with Crippen molar-refractivity contribution in [2.75, 3.05) is 32.4 Å². The minimum absolute atomic E-state index is 0.0731.